The number of ether oxygens (including phenoxy) is 2. The van der Waals surface area contributed by atoms with Crippen LogP contribution in [0.4, 0.5) is 4.79 Å². The third-order valence-electron chi connectivity index (χ3n) is 2.63. The van der Waals surface area contributed by atoms with E-state index in [0.29, 0.717) is 19.0 Å². The average Bonchev–Trinajstić information content (AvgIpc) is 3.05. The van der Waals surface area contributed by atoms with Crippen molar-refractivity contribution < 1.29 is 19.1 Å². The molecule has 6 heteroatoms. The lowest BCUT2D eigenvalue weighted by atomic mass is 10.2. The number of hydrogen-bond acceptors (Lipinski definition) is 4. The predicted molar refractivity (Wildman–Crippen MR) is 72.0 cm³/mol. The van der Waals surface area contributed by atoms with E-state index in [9.17, 15) is 9.59 Å². The molecule has 0 saturated heterocycles. The topological polar surface area (TPSA) is 55.8 Å². The maximum atomic E-state index is 12.0. The largest absolute Gasteiger partial charge is 0.449 e. The van der Waals surface area contributed by atoms with E-state index >= 15 is 0 Å². The molecule has 1 aliphatic carbocycles. The van der Waals surface area contributed by atoms with Crippen molar-refractivity contribution in [2.75, 3.05) is 19.2 Å². The average molecular weight is 292 g/mol. The summed E-state index contributed by atoms with van der Waals surface area (Å²) in [6, 6.07) is -0.159. The lowest BCUT2D eigenvalue weighted by molar-refractivity contribution is -0.141. The standard InChI is InChI=1S/C13H22ClNO4/c1-13(2,3)19-12(17)15(8-10-4-5-10)7-6-11(16)18-9-14/h10H,4-9H2,1-3H3. The second-order valence-corrected chi connectivity index (χ2v) is 5.96. The van der Waals surface area contributed by atoms with Crippen molar-refractivity contribution >= 4 is 23.7 Å². The zero-order valence-corrected chi connectivity index (χ0v) is 12.5. The van der Waals surface area contributed by atoms with Crippen LogP contribution in [0.15, 0.2) is 0 Å². The molecule has 0 aromatic carbocycles. The molecule has 0 N–H and O–H groups in total. The van der Waals surface area contributed by atoms with Gasteiger partial charge in [-0.15, -0.1) is 0 Å². The van der Waals surface area contributed by atoms with Crippen molar-refractivity contribution in [3.8, 4) is 0 Å². The van der Waals surface area contributed by atoms with Crippen LogP contribution in [0.25, 0.3) is 0 Å². The van der Waals surface area contributed by atoms with Gasteiger partial charge in [0, 0.05) is 13.1 Å². The number of hydrogen-bond donors (Lipinski definition) is 0. The molecular formula is C13H22ClNO4. The van der Waals surface area contributed by atoms with Crippen LogP contribution < -0.4 is 0 Å². The molecule has 5 nitrogen and oxygen atoms in total. The SMILES string of the molecule is CC(C)(C)OC(=O)N(CCC(=O)OCCl)CC1CC1. The molecule has 0 radical (unpaired) electrons. The van der Waals surface area contributed by atoms with Gasteiger partial charge in [0.25, 0.3) is 0 Å². The van der Waals surface area contributed by atoms with Crippen LogP contribution in [-0.4, -0.2) is 41.7 Å². The summed E-state index contributed by atoms with van der Waals surface area (Å²) < 4.78 is 9.97. The summed E-state index contributed by atoms with van der Waals surface area (Å²) in [5, 5.41) is 0. The van der Waals surface area contributed by atoms with Crippen LogP contribution in [0.2, 0.25) is 0 Å². The fraction of sp³-hybridized carbons (Fsp3) is 0.846. The van der Waals surface area contributed by atoms with Crippen LogP contribution in [0, 0.1) is 5.92 Å². The first-order valence-corrected chi connectivity index (χ1v) is 7.05. The Bertz CT molecular complexity index is 323. The van der Waals surface area contributed by atoms with E-state index in [1.165, 1.54) is 0 Å². The molecule has 0 atom stereocenters. The third kappa shape index (κ3) is 7.25. The van der Waals surface area contributed by atoms with Crippen molar-refractivity contribution in [2.45, 2.75) is 45.6 Å². The van der Waals surface area contributed by atoms with Gasteiger partial charge in [0.15, 0.2) is 6.07 Å². The lowest BCUT2D eigenvalue weighted by Crippen LogP contribution is -2.39. The van der Waals surface area contributed by atoms with Crippen molar-refractivity contribution in [3.05, 3.63) is 0 Å². The summed E-state index contributed by atoms with van der Waals surface area (Å²) in [6.07, 6.45) is 2.02. The van der Waals surface area contributed by atoms with Crippen molar-refractivity contribution in [2.24, 2.45) is 5.92 Å². The van der Waals surface area contributed by atoms with Gasteiger partial charge in [-0.1, -0.05) is 11.6 Å². The Balaban J connectivity index is 2.45. The molecular weight excluding hydrogens is 270 g/mol. The van der Waals surface area contributed by atoms with Gasteiger partial charge >= 0.3 is 12.1 Å². The second-order valence-electron chi connectivity index (χ2n) is 5.75. The Morgan fingerprint density at radius 2 is 1.95 bits per heavy atom. The van der Waals surface area contributed by atoms with Crippen molar-refractivity contribution in [1.29, 1.82) is 0 Å². The van der Waals surface area contributed by atoms with Gasteiger partial charge in [0.05, 0.1) is 6.42 Å². The van der Waals surface area contributed by atoms with E-state index in [1.54, 1.807) is 4.90 Å². The summed E-state index contributed by atoms with van der Waals surface area (Å²) in [5.41, 5.74) is -0.532. The normalized spacial score (nSPS) is 14.9. The second kappa shape index (κ2) is 6.98. The Morgan fingerprint density at radius 3 is 2.42 bits per heavy atom. The zero-order valence-electron chi connectivity index (χ0n) is 11.8. The number of alkyl halides is 1. The number of rotatable bonds is 6. The van der Waals surface area contributed by atoms with Crippen molar-refractivity contribution in [1.82, 2.24) is 4.90 Å². The third-order valence-corrected chi connectivity index (χ3v) is 2.74. The van der Waals surface area contributed by atoms with E-state index in [-0.39, 0.29) is 18.6 Å². The quantitative estimate of drug-likeness (QED) is 0.558. The number of carbonyl (C=O) groups is 2. The molecule has 1 amide bonds. The number of nitrogens with zero attached hydrogens (tertiary/aromatic N) is 1. The highest BCUT2D eigenvalue weighted by molar-refractivity contribution is 6.17. The molecule has 110 valence electrons. The first kappa shape index (κ1) is 16.1. The Kier molecular flexibility index (Phi) is 5.91. The van der Waals surface area contributed by atoms with E-state index in [2.05, 4.69) is 4.74 Å². The number of amides is 1. The van der Waals surface area contributed by atoms with Gasteiger partial charge in [0.1, 0.15) is 5.60 Å². The van der Waals surface area contributed by atoms with Crippen LogP contribution in [0.3, 0.4) is 0 Å². The lowest BCUT2D eigenvalue weighted by Gasteiger charge is -2.27. The van der Waals surface area contributed by atoms with Crippen LogP contribution in [0.5, 0.6) is 0 Å². The minimum atomic E-state index is -0.532. The number of halogens is 1. The van der Waals surface area contributed by atoms with Crippen LogP contribution in [0.1, 0.15) is 40.0 Å². The Hall–Kier alpha value is -0.970. The minimum absolute atomic E-state index is 0.138. The molecule has 1 rings (SSSR count). The zero-order chi connectivity index (χ0) is 14.5. The van der Waals surface area contributed by atoms with Gasteiger partial charge in [-0.25, -0.2) is 4.79 Å². The molecule has 0 heterocycles. The predicted octanol–water partition coefficient (Wildman–Crippen LogP) is 2.76. The molecule has 0 unspecified atom stereocenters. The monoisotopic (exact) mass is 291 g/mol. The van der Waals surface area contributed by atoms with Gasteiger partial charge in [-0.3, -0.25) is 4.79 Å². The van der Waals surface area contributed by atoms with Crippen LogP contribution in [-0.2, 0) is 14.3 Å². The highest BCUT2D eigenvalue weighted by Gasteiger charge is 2.29. The molecule has 1 aliphatic rings. The van der Waals surface area contributed by atoms with E-state index in [1.807, 2.05) is 20.8 Å². The number of esters is 1. The highest BCUT2D eigenvalue weighted by Crippen LogP contribution is 2.30. The smallest absolute Gasteiger partial charge is 0.410 e. The fourth-order valence-electron chi connectivity index (χ4n) is 1.55. The van der Waals surface area contributed by atoms with Crippen molar-refractivity contribution in [3.63, 3.8) is 0 Å². The highest BCUT2D eigenvalue weighted by atomic mass is 35.5. The summed E-state index contributed by atoms with van der Waals surface area (Å²) in [7, 11) is 0. The molecule has 1 saturated carbocycles. The first-order chi connectivity index (χ1) is 8.81. The van der Waals surface area contributed by atoms with E-state index in [4.69, 9.17) is 16.3 Å². The molecule has 19 heavy (non-hydrogen) atoms. The molecule has 0 aromatic rings. The fourth-order valence-corrected chi connectivity index (χ4v) is 1.68. The van der Waals surface area contributed by atoms with Gasteiger partial charge in [0.2, 0.25) is 0 Å². The molecule has 1 fully saturated rings. The Labute approximate surface area is 119 Å². The van der Waals surface area contributed by atoms with Crippen LogP contribution >= 0.6 is 11.6 Å². The van der Waals surface area contributed by atoms with E-state index in [0.717, 1.165) is 12.8 Å². The molecule has 0 aromatic heterocycles. The van der Waals surface area contributed by atoms with E-state index < -0.39 is 11.6 Å². The molecule has 0 spiro atoms. The maximum absolute atomic E-state index is 12.0. The summed E-state index contributed by atoms with van der Waals surface area (Å²) in [5.74, 6) is 0.135. The minimum Gasteiger partial charge on any atom is -0.449 e. The van der Waals surface area contributed by atoms with Gasteiger partial charge in [-0.2, -0.15) is 0 Å². The van der Waals surface area contributed by atoms with Gasteiger partial charge in [-0.05, 0) is 39.5 Å². The molecule has 0 aliphatic heterocycles. The summed E-state index contributed by atoms with van der Waals surface area (Å²) >= 11 is 5.31. The number of carbonyl (C=O) groups excluding carboxylic acids is 2. The summed E-state index contributed by atoms with van der Waals surface area (Å²) in [4.78, 5) is 24.9. The Morgan fingerprint density at radius 1 is 1.32 bits per heavy atom. The first-order valence-electron chi connectivity index (χ1n) is 6.51. The summed E-state index contributed by atoms with van der Waals surface area (Å²) in [6.45, 7) is 6.41. The molecule has 0 bridgehead atoms. The van der Waals surface area contributed by atoms with Gasteiger partial charge < -0.3 is 14.4 Å². The maximum Gasteiger partial charge on any atom is 0.410 e.